The minimum absolute atomic E-state index is 0.0985. The summed E-state index contributed by atoms with van der Waals surface area (Å²) in [7, 11) is 0. The van der Waals surface area contributed by atoms with Crippen LogP contribution in [0.25, 0.3) is 0 Å². The van der Waals surface area contributed by atoms with Crippen molar-refractivity contribution in [3.8, 4) is 6.07 Å². The number of nitrogens with zero attached hydrogens (tertiary/aromatic N) is 2. The van der Waals surface area contributed by atoms with Crippen LogP contribution in [0.4, 0.5) is 17.2 Å². The molecule has 0 aliphatic rings. The number of anilines is 3. The predicted octanol–water partition coefficient (Wildman–Crippen LogP) is 2.78. The molecule has 0 fully saturated rings. The van der Waals surface area contributed by atoms with Gasteiger partial charge in [0.05, 0.1) is 0 Å². The third-order valence-electron chi connectivity index (χ3n) is 2.62. The molecule has 0 bridgehead atoms. The fourth-order valence-corrected chi connectivity index (χ4v) is 1.70. The summed E-state index contributed by atoms with van der Waals surface area (Å²) in [6.07, 6.45) is 2.78. The lowest BCUT2D eigenvalue weighted by Crippen LogP contribution is -2.14. The zero-order valence-corrected chi connectivity index (χ0v) is 12.1. The summed E-state index contributed by atoms with van der Waals surface area (Å²) < 4.78 is 0. The number of pyridine rings is 1. The van der Waals surface area contributed by atoms with Crippen LogP contribution in [0.15, 0.2) is 54.4 Å². The summed E-state index contributed by atoms with van der Waals surface area (Å²) in [6.45, 7) is 0. The lowest BCUT2D eigenvalue weighted by Gasteiger charge is -2.05. The minimum atomic E-state index is -0.540. The SMILES string of the molecule is N#C/C(=C/Nc1cc(Cl)ccn1)C(=O)Nc1ccc(N)cc1. The molecule has 110 valence electrons. The quantitative estimate of drug-likeness (QED) is 0.457. The van der Waals surface area contributed by atoms with Gasteiger partial charge >= 0.3 is 0 Å². The molecular formula is C15H12ClN5O. The number of halogens is 1. The van der Waals surface area contributed by atoms with Gasteiger partial charge in [0.15, 0.2) is 0 Å². The van der Waals surface area contributed by atoms with Crippen molar-refractivity contribution >= 4 is 34.7 Å². The van der Waals surface area contributed by atoms with Gasteiger partial charge in [-0.05, 0) is 36.4 Å². The number of aromatic nitrogens is 1. The standard InChI is InChI=1S/C15H12ClN5O/c16-11-5-6-19-14(7-11)20-9-10(8-17)15(22)21-13-3-1-12(18)2-4-13/h1-7,9H,18H2,(H,19,20)(H,21,22)/b10-9-. The Morgan fingerprint density at radius 3 is 2.68 bits per heavy atom. The Balaban J connectivity index is 2.07. The number of benzene rings is 1. The molecule has 0 spiro atoms. The van der Waals surface area contributed by atoms with E-state index < -0.39 is 5.91 Å². The summed E-state index contributed by atoms with van der Waals surface area (Å²) in [6, 6.07) is 11.6. The lowest BCUT2D eigenvalue weighted by atomic mass is 10.2. The van der Waals surface area contributed by atoms with Crippen LogP contribution < -0.4 is 16.4 Å². The first kappa shape index (κ1) is 15.4. The topological polar surface area (TPSA) is 104 Å². The van der Waals surface area contributed by atoms with Gasteiger partial charge in [-0.3, -0.25) is 4.79 Å². The van der Waals surface area contributed by atoms with Crippen LogP contribution >= 0.6 is 11.6 Å². The second-order valence-corrected chi connectivity index (χ2v) is 4.69. The Bertz CT molecular complexity index is 749. The van der Waals surface area contributed by atoms with Gasteiger partial charge in [-0.2, -0.15) is 5.26 Å². The van der Waals surface area contributed by atoms with Crippen molar-refractivity contribution in [3.05, 3.63) is 59.4 Å². The Morgan fingerprint density at radius 1 is 1.32 bits per heavy atom. The fraction of sp³-hybridized carbons (Fsp3) is 0. The molecule has 0 radical (unpaired) electrons. The molecule has 1 amide bonds. The number of rotatable bonds is 4. The number of nitrogens with two attached hydrogens (primary N) is 1. The van der Waals surface area contributed by atoms with E-state index in [1.54, 1.807) is 36.4 Å². The van der Waals surface area contributed by atoms with Crippen LogP contribution in [-0.2, 0) is 4.79 Å². The van der Waals surface area contributed by atoms with Crippen molar-refractivity contribution in [2.75, 3.05) is 16.4 Å². The number of amides is 1. The van der Waals surface area contributed by atoms with Gasteiger partial charge in [0.2, 0.25) is 0 Å². The first-order valence-corrected chi connectivity index (χ1v) is 6.61. The fourth-order valence-electron chi connectivity index (χ4n) is 1.54. The van der Waals surface area contributed by atoms with Crippen molar-refractivity contribution in [1.29, 1.82) is 5.26 Å². The highest BCUT2D eigenvalue weighted by molar-refractivity contribution is 6.30. The van der Waals surface area contributed by atoms with Gasteiger partial charge in [-0.1, -0.05) is 11.6 Å². The molecule has 4 N–H and O–H groups in total. The molecule has 1 heterocycles. The molecule has 22 heavy (non-hydrogen) atoms. The number of carbonyl (C=O) groups excluding carboxylic acids is 1. The van der Waals surface area contributed by atoms with E-state index in [1.165, 1.54) is 12.4 Å². The molecule has 0 saturated carbocycles. The van der Waals surface area contributed by atoms with E-state index in [4.69, 9.17) is 22.6 Å². The average Bonchev–Trinajstić information content (AvgIpc) is 2.50. The van der Waals surface area contributed by atoms with Crippen LogP contribution in [0.5, 0.6) is 0 Å². The number of carbonyl (C=O) groups is 1. The van der Waals surface area contributed by atoms with E-state index in [2.05, 4.69) is 15.6 Å². The van der Waals surface area contributed by atoms with Crippen LogP contribution in [0.2, 0.25) is 5.02 Å². The molecule has 2 rings (SSSR count). The molecule has 1 aromatic carbocycles. The summed E-state index contributed by atoms with van der Waals surface area (Å²) >= 11 is 5.82. The van der Waals surface area contributed by atoms with Gasteiger partial charge in [0.25, 0.3) is 5.91 Å². The number of nitriles is 1. The van der Waals surface area contributed by atoms with E-state index in [-0.39, 0.29) is 5.57 Å². The van der Waals surface area contributed by atoms with Gasteiger partial charge in [0.1, 0.15) is 17.5 Å². The molecule has 0 atom stereocenters. The number of nitrogens with one attached hydrogen (secondary N) is 2. The molecular weight excluding hydrogens is 302 g/mol. The van der Waals surface area contributed by atoms with Crippen molar-refractivity contribution in [2.24, 2.45) is 0 Å². The van der Waals surface area contributed by atoms with Crippen molar-refractivity contribution < 1.29 is 4.79 Å². The maximum absolute atomic E-state index is 12.0. The van der Waals surface area contributed by atoms with E-state index in [0.29, 0.717) is 22.2 Å². The van der Waals surface area contributed by atoms with E-state index in [0.717, 1.165) is 0 Å². The summed E-state index contributed by atoms with van der Waals surface area (Å²) in [5.41, 5.74) is 6.59. The minimum Gasteiger partial charge on any atom is -0.399 e. The first-order valence-electron chi connectivity index (χ1n) is 6.24. The first-order chi connectivity index (χ1) is 10.6. The molecule has 0 aliphatic heterocycles. The number of hydrogen-bond donors (Lipinski definition) is 3. The predicted molar refractivity (Wildman–Crippen MR) is 86.0 cm³/mol. The second-order valence-electron chi connectivity index (χ2n) is 4.25. The van der Waals surface area contributed by atoms with E-state index >= 15 is 0 Å². The Morgan fingerprint density at radius 2 is 2.05 bits per heavy atom. The second kappa shape index (κ2) is 7.11. The third-order valence-corrected chi connectivity index (χ3v) is 2.86. The zero-order valence-electron chi connectivity index (χ0n) is 11.4. The Labute approximate surface area is 132 Å². The van der Waals surface area contributed by atoms with Crippen molar-refractivity contribution in [3.63, 3.8) is 0 Å². The molecule has 7 heteroatoms. The average molecular weight is 314 g/mol. The highest BCUT2D eigenvalue weighted by Gasteiger charge is 2.09. The van der Waals surface area contributed by atoms with Gasteiger partial charge in [-0.25, -0.2) is 4.98 Å². The third kappa shape index (κ3) is 4.23. The van der Waals surface area contributed by atoms with E-state index in [9.17, 15) is 4.79 Å². The van der Waals surface area contributed by atoms with Crippen LogP contribution in [0.3, 0.4) is 0 Å². The molecule has 1 aromatic heterocycles. The smallest absolute Gasteiger partial charge is 0.267 e. The summed E-state index contributed by atoms with van der Waals surface area (Å²) in [4.78, 5) is 16.0. The Hall–Kier alpha value is -3.04. The highest BCUT2D eigenvalue weighted by Crippen LogP contribution is 2.13. The van der Waals surface area contributed by atoms with Gasteiger partial charge in [-0.15, -0.1) is 0 Å². The zero-order chi connectivity index (χ0) is 15.9. The number of nitrogen functional groups attached to an aromatic ring is 1. The summed E-state index contributed by atoms with van der Waals surface area (Å²) in [5, 5.41) is 14.9. The van der Waals surface area contributed by atoms with Gasteiger partial charge in [0, 0.05) is 28.8 Å². The normalized spacial score (nSPS) is 10.6. The highest BCUT2D eigenvalue weighted by atomic mass is 35.5. The lowest BCUT2D eigenvalue weighted by molar-refractivity contribution is -0.112. The molecule has 2 aromatic rings. The monoisotopic (exact) mass is 313 g/mol. The van der Waals surface area contributed by atoms with Crippen LogP contribution in [0, 0.1) is 11.3 Å². The van der Waals surface area contributed by atoms with Crippen LogP contribution in [-0.4, -0.2) is 10.9 Å². The van der Waals surface area contributed by atoms with Crippen LogP contribution in [0.1, 0.15) is 0 Å². The molecule has 0 saturated heterocycles. The maximum atomic E-state index is 12.0. The molecule has 0 unspecified atom stereocenters. The van der Waals surface area contributed by atoms with E-state index in [1.807, 2.05) is 6.07 Å². The summed E-state index contributed by atoms with van der Waals surface area (Å²) in [5.74, 6) is -0.109. The molecule has 0 aliphatic carbocycles. The number of hydrogen-bond acceptors (Lipinski definition) is 5. The van der Waals surface area contributed by atoms with Crippen molar-refractivity contribution in [2.45, 2.75) is 0 Å². The van der Waals surface area contributed by atoms with Gasteiger partial charge < -0.3 is 16.4 Å². The maximum Gasteiger partial charge on any atom is 0.267 e. The molecule has 6 nitrogen and oxygen atoms in total. The Kier molecular flexibility index (Phi) is 4.96. The largest absolute Gasteiger partial charge is 0.399 e. The van der Waals surface area contributed by atoms with Crippen molar-refractivity contribution in [1.82, 2.24) is 4.98 Å².